The van der Waals surface area contributed by atoms with Crippen LogP contribution in [0.1, 0.15) is 16.7 Å². The molecular formula is C17H17BrF2. The highest BCUT2D eigenvalue weighted by molar-refractivity contribution is 9.09. The predicted octanol–water partition coefficient (Wildman–Crippen LogP) is 5.07. The Hall–Kier alpha value is -1.22. The van der Waals surface area contributed by atoms with Gasteiger partial charge in [-0.3, -0.25) is 0 Å². The van der Waals surface area contributed by atoms with Crippen molar-refractivity contribution in [1.29, 1.82) is 0 Å². The minimum Gasteiger partial charge on any atom is -0.204 e. The summed E-state index contributed by atoms with van der Waals surface area (Å²) in [4.78, 5) is 0. The molecule has 0 heterocycles. The van der Waals surface area contributed by atoms with Crippen molar-refractivity contribution >= 4 is 15.9 Å². The van der Waals surface area contributed by atoms with Crippen LogP contribution in [0.3, 0.4) is 0 Å². The smallest absolute Gasteiger partial charge is 0.162 e. The molecule has 0 saturated heterocycles. The highest BCUT2D eigenvalue weighted by Crippen LogP contribution is 2.20. The Morgan fingerprint density at radius 2 is 1.70 bits per heavy atom. The van der Waals surface area contributed by atoms with E-state index in [1.54, 1.807) is 12.1 Å². The molecular weight excluding hydrogens is 322 g/mol. The van der Waals surface area contributed by atoms with E-state index in [-0.39, 0.29) is 5.92 Å². The van der Waals surface area contributed by atoms with Crippen molar-refractivity contribution in [2.75, 3.05) is 5.33 Å². The van der Waals surface area contributed by atoms with E-state index in [9.17, 15) is 8.78 Å². The molecule has 0 N–H and O–H groups in total. The SMILES string of the molecule is Cc1ccc(CC(CBr)Cc2cccc(F)c2F)cc1. The number of hydrogen-bond acceptors (Lipinski definition) is 0. The van der Waals surface area contributed by atoms with Crippen molar-refractivity contribution in [2.24, 2.45) is 5.92 Å². The second kappa shape index (κ2) is 6.98. The van der Waals surface area contributed by atoms with Gasteiger partial charge in [0.1, 0.15) is 0 Å². The molecule has 2 aromatic rings. The van der Waals surface area contributed by atoms with Crippen molar-refractivity contribution < 1.29 is 8.78 Å². The molecule has 0 aliphatic heterocycles. The third-order valence-electron chi connectivity index (χ3n) is 3.40. The third-order valence-corrected chi connectivity index (χ3v) is 4.32. The lowest BCUT2D eigenvalue weighted by molar-refractivity contribution is 0.485. The van der Waals surface area contributed by atoms with Crippen molar-refractivity contribution in [3.05, 3.63) is 70.8 Å². The zero-order valence-electron chi connectivity index (χ0n) is 11.4. The number of rotatable bonds is 5. The summed E-state index contributed by atoms with van der Waals surface area (Å²) in [5.41, 5.74) is 2.89. The summed E-state index contributed by atoms with van der Waals surface area (Å²) in [6, 6.07) is 12.7. The summed E-state index contributed by atoms with van der Waals surface area (Å²) in [5, 5.41) is 0.761. The highest BCUT2D eigenvalue weighted by atomic mass is 79.9. The van der Waals surface area contributed by atoms with Crippen LogP contribution >= 0.6 is 15.9 Å². The number of halogens is 3. The molecule has 1 unspecified atom stereocenters. The number of alkyl halides is 1. The van der Waals surface area contributed by atoms with Gasteiger partial charge in [0.25, 0.3) is 0 Å². The third kappa shape index (κ3) is 3.89. The van der Waals surface area contributed by atoms with Crippen molar-refractivity contribution in [3.63, 3.8) is 0 Å². The second-order valence-corrected chi connectivity index (χ2v) is 5.77. The number of hydrogen-bond donors (Lipinski definition) is 0. The van der Waals surface area contributed by atoms with E-state index >= 15 is 0 Å². The van der Waals surface area contributed by atoms with Crippen molar-refractivity contribution in [2.45, 2.75) is 19.8 Å². The van der Waals surface area contributed by atoms with E-state index in [2.05, 4.69) is 40.2 Å². The molecule has 0 radical (unpaired) electrons. The van der Waals surface area contributed by atoms with Crippen LogP contribution in [-0.4, -0.2) is 5.33 Å². The van der Waals surface area contributed by atoms with Gasteiger partial charge in [0.05, 0.1) is 0 Å². The minimum absolute atomic E-state index is 0.244. The molecule has 0 bridgehead atoms. The lowest BCUT2D eigenvalue weighted by Crippen LogP contribution is -2.11. The lowest BCUT2D eigenvalue weighted by Gasteiger charge is -2.15. The quantitative estimate of drug-likeness (QED) is 0.667. The van der Waals surface area contributed by atoms with Crippen LogP contribution in [-0.2, 0) is 12.8 Å². The number of aryl methyl sites for hydroxylation is 1. The number of benzene rings is 2. The van der Waals surface area contributed by atoms with Crippen LogP contribution in [0.5, 0.6) is 0 Å². The fourth-order valence-corrected chi connectivity index (χ4v) is 2.71. The van der Waals surface area contributed by atoms with E-state index in [0.717, 1.165) is 17.8 Å². The Morgan fingerprint density at radius 3 is 2.35 bits per heavy atom. The maximum Gasteiger partial charge on any atom is 0.162 e. The second-order valence-electron chi connectivity index (χ2n) is 5.13. The minimum atomic E-state index is -0.772. The van der Waals surface area contributed by atoms with Gasteiger partial charge in [-0.05, 0) is 42.9 Å². The van der Waals surface area contributed by atoms with Gasteiger partial charge in [-0.1, -0.05) is 57.9 Å². The average Bonchev–Trinajstić information content (AvgIpc) is 2.45. The molecule has 2 aromatic carbocycles. The van der Waals surface area contributed by atoms with E-state index < -0.39 is 11.6 Å². The summed E-state index contributed by atoms with van der Waals surface area (Å²) >= 11 is 3.47. The van der Waals surface area contributed by atoms with Gasteiger partial charge in [-0.2, -0.15) is 0 Å². The molecule has 106 valence electrons. The first-order chi connectivity index (χ1) is 9.60. The summed E-state index contributed by atoms with van der Waals surface area (Å²) < 4.78 is 26.9. The fraction of sp³-hybridized carbons (Fsp3) is 0.294. The molecule has 0 saturated carbocycles. The van der Waals surface area contributed by atoms with Gasteiger partial charge in [0.15, 0.2) is 11.6 Å². The first-order valence-electron chi connectivity index (χ1n) is 6.64. The van der Waals surface area contributed by atoms with Gasteiger partial charge in [-0.15, -0.1) is 0 Å². The summed E-state index contributed by atoms with van der Waals surface area (Å²) in [7, 11) is 0. The van der Waals surface area contributed by atoms with Crippen molar-refractivity contribution in [1.82, 2.24) is 0 Å². The summed E-state index contributed by atoms with van der Waals surface area (Å²) in [6.07, 6.45) is 1.38. The van der Waals surface area contributed by atoms with E-state index in [1.807, 2.05) is 6.92 Å². The molecule has 20 heavy (non-hydrogen) atoms. The normalized spacial score (nSPS) is 12.4. The zero-order valence-corrected chi connectivity index (χ0v) is 13.0. The van der Waals surface area contributed by atoms with Gasteiger partial charge in [0, 0.05) is 5.33 Å². The average molecular weight is 339 g/mol. The van der Waals surface area contributed by atoms with E-state index in [1.165, 1.54) is 11.1 Å². The van der Waals surface area contributed by atoms with Gasteiger partial charge < -0.3 is 0 Å². The Morgan fingerprint density at radius 1 is 1.00 bits per heavy atom. The molecule has 0 spiro atoms. The zero-order chi connectivity index (χ0) is 14.5. The van der Waals surface area contributed by atoms with E-state index in [4.69, 9.17) is 0 Å². The largest absolute Gasteiger partial charge is 0.204 e. The predicted molar refractivity (Wildman–Crippen MR) is 82.2 cm³/mol. The molecule has 3 heteroatoms. The Balaban J connectivity index is 2.09. The van der Waals surface area contributed by atoms with Crippen LogP contribution < -0.4 is 0 Å². The van der Waals surface area contributed by atoms with Gasteiger partial charge in [0.2, 0.25) is 0 Å². The molecule has 0 aliphatic carbocycles. The molecule has 0 nitrogen and oxygen atoms in total. The van der Waals surface area contributed by atoms with Crippen LogP contribution in [0.4, 0.5) is 8.78 Å². The van der Waals surface area contributed by atoms with Crippen molar-refractivity contribution in [3.8, 4) is 0 Å². The van der Waals surface area contributed by atoms with Gasteiger partial charge >= 0.3 is 0 Å². The van der Waals surface area contributed by atoms with E-state index in [0.29, 0.717) is 12.0 Å². The van der Waals surface area contributed by atoms with Crippen LogP contribution in [0.2, 0.25) is 0 Å². The van der Waals surface area contributed by atoms with Crippen LogP contribution in [0.25, 0.3) is 0 Å². The Bertz CT molecular complexity index is 564. The topological polar surface area (TPSA) is 0 Å². The first kappa shape index (κ1) is 15.2. The molecule has 0 aliphatic rings. The highest BCUT2D eigenvalue weighted by Gasteiger charge is 2.14. The molecule has 1 atom stereocenters. The Labute approximate surface area is 127 Å². The van der Waals surface area contributed by atoms with Crippen LogP contribution in [0, 0.1) is 24.5 Å². The van der Waals surface area contributed by atoms with Crippen LogP contribution in [0.15, 0.2) is 42.5 Å². The molecule has 0 fully saturated rings. The monoisotopic (exact) mass is 338 g/mol. The molecule has 2 rings (SSSR count). The lowest BCUT2D eigenvalue weighted by atomic mass is 9.93. The maximum atomic E-state index is 13.7. The maximum absolute atomic E-state index is 13.7. The molecule has 0 amide bonds. The first-order valence-corrected chi connectivity index (χ1v) is 7.76. The fourth-order valence-electron chi connectivity index (χ4n) is 2.26. The van der Waals surface area contributed by atoms with Gasteiger partial charge in [-0.25, -0.2) is 8.78 Å². The standard InChI is InChI=1S/C17H17BrF2/c1-12-5-7-13(8-6-12)9-14(11-18)10-15-3-2-4-16(19)17(15)20/h2-8,14H,9-11H2,1H3. The molecule has 0 aromatic heterocycles. The summed E-state index contributed by atoms with van der Waals surface area (Å²) in [5.74, 6) is -1.25. The summed E-state index contributed by atoms with van der Waals surface area (Å²) in [6.45, 7) is 2.05. The Kier molecular flexibility index (Phi) is 5.30.